The highest BCUT2D eigenvalue weighted by atomic mass is 16.3. The van der Waals surface area contributed by atoms with Crippen molar-refractivity contribution in [2.24, 2.45) is 17.3 Å². The predicted octanol–water partition coefficient (Wildman–Crippen LogP) is 3.93. The zero-order chi connectivity index (χ0) is 14.8. The molecule has 1 saturated carbocycles. The van der Waals surface area contributed by atoms with Crippen molar-refractivity contribution < 1.29 is 5.11 Å². The molecule has 2 nitrogen and oxygen atoms in total. The van der Waals surface area contributed by atoms with Crippen LogP contribution in [-0.2, 0) is 0 Å². The minimum atomic E-state index is -0.1000. The summed E-state index contributed by atoms with van der Waals surface area (Å²) in [6.45, 7) is 17.4. The van der Waals surface area contributed by atoms with E-state index in [1.165, 1.54) is 0 Å². The molecule has 0 saturated heterocycles. The van der Waals surface area contributed by atoms with Crippen LogP contribution in [0.1, 0.15) is 67.7 Å². The summed E-state index contributed by atoms with van der Waals surface area (Å²) in [5.74, 6) is 1.37. The van der Waals surface area contributed by atoms with E-state index in [0.717, 1.165) is 25.8 Å². The van der Waals surface area contributed by atoms with Gasteiger partial charge in [-0.1, -0.05) is 34.6 Å². The summed E-state index contributed by atoms with van der Waals surface area (Å²) in [5.41, 5.74) is 0.328. The van der Waals surface area contributed by atoms with Gasteiger partial charge in [-0.05, 0) is 50.4 Å². The van der Waals surface area contributed by atoms with E-state index in [2.05, 4.69) is 53.4 Å². The monoisotopic (exact) mass is 269 g/mol. The molecule has 3 unspecified atom stereocenters. The summed E-state index contributed by atoms with van der Waals surface area (Å²) in [7, 11) is 0. The number of aliphatic hydroxyl groups excluding tert-OH is 1. The smallest absolute Gasteiger partial charge is 0.0555 e. The average molecular weight is 269 g/mol. The van der Waals surface area contributed by atoms with Crippen molar-refractivity contribution in [3.8, 4) is 0 Å². The number of aliphatic hydroxyl groups is 1. The van der Waals surface area contributed by atoms with Gasteiger partial charge in [0, 0.05) is 18.6 Å². The number of hydrogen-bond donors (Lipinski definition) is 1. The normalized spacial score (nSPS) is 29.5. The van der Waals surface area contributed by atoms with E-state index in [1.54, 1.807) is 0 Å². The molecule has 1 rings (SSSR count). The lowest BCUT2D eigenvalue weighted by Gasteiger charge is -2.49. The Morgan fingerprint density at radius 2 is 1.68 bits per heavy atom. The molecule has 0 aromatic carbocycles. The van der Waals surface area contributed by atoms with E-state index < -0.39 is 0 Å². The minimum absolute atomic E-state index is 0.1000. The van der Waals surface area contributed by atoms with Crippen molar-refractivity contribution in [3.63, 3.8) is 0 Å². The van der Waals surface area contributed by atoms with Crippen molar-refractivity contribution in [3.05, 3.63) is 0 Å². The van der Waals surface area contributed by atoms with E-state index >= 15 is 0 Å². The van der Waals surface area contributed by atoms with Gasteiger partial charge in [-0.15, -0.1) is 0 Å². The van der Waals surface area contributed by atoms with E-state index in [4.69, 9.17) is 0 Å². The van der Waals surface area contributed by atoms with Gasteiger partial charge in [0.15, 0.2) is 0 Å². The van der Waals surface area contributed by atoms with Crippen molar-refractivity contribution in [1.29, 1.82) is 0 Å². The second-order valence-electron chi connectivity index (χ2n) is 8.19. The van der Waals surface area contributed by atoms with Crippen LogP contribution in [0.25, 0.3) is 0 Å². The molecule has 1 aliphatic rings. The minimum Gasteiger partial charge on any atom is -0.393 e. The van der Waals surface area contributed by atoms with Gasteiger partial charge in [0.1, 0.15) is 0 Å². The van der Waals surface area contributed by atoms with Crippen LogP contribution in [0, 0.1) is 17.3 Å². The Morgan fingerprint density at radius 1 is 1.11 bits per heavy atom. The van der Waals surface area contributed by atoms with Gasteiger partial charge in [-0.3, -0.25) is 4.90 Å². The fourth-order valence-corrected chi connectivity index (χ4v) is 3.65. The first-order valence-corrected chi connectivity index (χ1v) is 8.06. The molecule has 0 spiro atoms. The molecule has 0 heterocycles. The summed E-state index contributed by atoms with van der Waals surface area (Å²) in [5, 5.41) is 10.1. The molecule has 2 heteroatoms. The number of hydrogen-bond acceptors (Lipinski definition) is 2. The van der Waals surface area contributed by atoms with Gasteiger partial charge in [0.2, 0.25) is 0 Å². The van der Waals surface area contributed by atoms with Crippen molar-refractivity contribution >= 4 is 0 Å². The second kappa shape index (κ2) is 6.58. The largest absolute Gasteiger partial charge is 0.393 e. The Labute approximate surface area is 120 Å². The average Bonchev–Trinajstić information content (AvgIpc) is 2.23. The zero-order valence-electron chi connectivity index (χ0n) is 14.1. The number of rotatable bonds is 4. The van der Waals surface area contributed by atoms with E-state index in [1.807, 2.05) is 0 Å². The van der Waals surface area contributed by atoms with Crippen LogP contribution < -0.4 is 0 Å². The molecular weight excluding hydrogens is 234 g/mol. The maximum Gasteiger partial charge on any atom is 0.0555 e. The SMILES string of the molecule is CC(C)CN(C(C)C)C1CC(O)CCC1C(C)(C)C. The lowest BCUT2D eigenvalue weighted by molar-refractivity contribution is -0.0273. The van der Waals surface area contributed by atoms with Crippen LogP contribution in [0.4, 0.5) is 0 Å². The van der Waals surface area contributed by atoms with Crippen molar-refractivity contribution in [2.75, 3.05) is 6.54 Å². The van der Waals surface area contributed by atoms with Gasteiger partial charge in [0.25, 0.3) is 0 Å². The van der Waals surface area contributed by atoms with Crippen LogP contribution in [0.5, 0.6) is 0 Å². The van der Waals surface area contributed by atoms with Gasteiger partial charge < -0.3 is 5.11 Å². The Morgan fingerprint density at radius 3 is 2.11 bits per heavy atom. The van der Waals surface area contributed by atoms with Crippen LogP contribution >= 0.6 is 0 Å². The van der Waals surface area contributed by atoms with Crippen LogP contribution in [-0.4, -0.2) is 34.7 Å². The first kappa shape index (κ1) is 17.0. The highest BCUT2D eigenvalue weighted by Gasteiger charge is 2.40. The predicted molar refractivity (Wildman–Crippen MR) is 83.3 cm³/mol. The zero-order valence-corrected chi connectivity index (χ0v) is 14.1. The molecule has 0 amide bonds. The Bertz CT molecular complexity index is 267. The highest BCUT2D eigenvalue weighted by Crippen LogP contribution is 2.41. The molecule has 1 N–H and O–H groups in total. The van der Waals surface area contributed by atoms with E-state index in [-0.39, 0.29) is 6.10 Å². The third-order valence-corrected chi connectivity index (χ3v) is 4.57. The molecule has 0 aliphatic heterocycles. The molecule has 1 aliphatic carbocycles. The first-order chi connectivity index (χ1) is 8.62. The Kier molecular flexibility index (Phi) is 5.88. The lowest BCUT2D eigenvalue weighted by atomic mass is 9.68. The van der Waals surface area contributed by atoms with Gasteiger partial charge in [-0.2, -0.15) is 0 Å². The standard InChI is InChI=1S/C17H35NO/c1-12(2)11-18(13(3)4)16-10-14(19)8-9-15(16)17(5,6)7/h12-16,19H,8-11H2,1-7H3. The second-order valence-corrected chi connectivity index (χ2v) is 8.19. The molecule has 0 aromatic heterocycles. The van der Waals surface area contributed by atoms with Gasteiger partial charge in [-0.25, -0.2) is 0 Å². The van der Waals surface area contributed by atoms with Crippen LogP contribution in [0.3, 0.4) is 0 Å². The summed E-state index contributed by atoms with van der Waals surface area (Å²) in [6.07, 6.45) is 2.99. The third kappa shape index (κ3) is 4.75. The molecule has 114 valence electrons. The Balaban J connectivity index is 2.93. The maximum absolute atomic E-state index is 10.1. The quantitative estimate of drug-likeness (QED) is 0.836. The Hall–Kier alpha value is -0.0800. The van der Waals surface area contributed by atoms with E-state index in [9.17, 15) is 5.11 Å². The molecule has 0 radical (unpaired) electrons. The summed E-state index contributed by atoms with van der Waals surface area (Å²) in [6, 6.07) is 1.09. The summed E-state index contributed by atoms with van der Waals surface area (Å²) in [4.78, 5) is 2.64. The molecular formula is C17H35NO. The summed E-state index contributed by atoms with van der Waals surface area (Å²) >= 11 is 0. The summed E-state index contributed by atoms with van der Waals surface area (Å²) < 4.78 is 0. The first-order valence-electron chi connectivity index (χ1n) is 8.06. The molecule has 0 aromatic rings. The fourth-order valence-electron chi connectivity index (χ4n) is 3.65. The molecule has 0 bridgehead atoms. The molecule has 3 atom stereocenters. The maximum atomic E-state index is 10.1. The van der Waals surface area contributed by atoms with Gasteiger partial charge in [0.05, 0.1) is 6.10 Å². The van der Waals surface area contributed by atoms with Crippen molar-refractivity contribution in [2.45, 2.75) is 85.9 Å². The van der Waals surface area contributed by atoms with Gasteiger partial charge >= 0.3 is 0 Å². The number of nitrogens with zero attached hydrogens (tertiary/aromatic N) is 1. The topological polar surface area (TPSA) is 23.5 Å². The van der Waals surface area contributed by atoms with Crippen molar-refractivity contribution in [1.82, 2.24) is 4.90 Å². The molecule has 1 fully saturated rings. The van der Waals surface area contributed by atoms with E-state index in [0.29, 0.717) is 29.3 Å². The fraction of sp³-hybridized carbons (Fsp3) is 1.00. The third-order valence-electron chi connectivity index (χ3n) is 4.57. The highest BCUT2D eigenvalue weighted by molar-refractivity contribution is 4.93. The molecule has 19 heavy (non-hydrogen) atoms. The van der Waals surface area contributed by atoms with Crippen LogP contribution in [0.15, 0.2) is 0 Å². The lowest BCUT2D eigenvalue weighted by Crippen LogP contribution is -2.53. The van der Waals surface area contributed by atoms with Crippen LogP contribution in [0.2, 0.25) is 0 Å².